The zero-order valence-electron chi connectivity index (χ0n) is 23.5. The number of nitrogens with two attached hydrogens (primary N) is 1. The van der Waals surface area contributed by atoms with E-state index < -0.39 is 17.7 Å². The van der Waals surface area contributed by atoms with Crippen molar-refractivity contribution in [1.29, 1.82) is 0 Å². The molecule has 2 aromatic heterocycles. The van der Waals surface area contributed by atoms with Crippen LogP contribution >= 0.6 is 27.7 Å². The highest BCUT2D eigenvalue weighted by Gasteiger charge is 2.29. The van der Waals surface area contributed by atoms with Gasteiger partial charge in [0.25, 0.3) is 0 Å². The summed E-state index contributed by atoms with van der Waals surface area (Å²) in [5, 5.41) is 3.39. The van der Waals surface area contributed by atoms with Crippen LogP contribution in [0.1, 0.15) is 47.0 Å². The number of nitrogens with zero attached hydrogens (tertiary/aromatic N) is 5. The summed E-state index contributed by atoms with van der Waals surface area (Å²) in [7, 11) is 0. The zero-order valence-corrected chi connectivity index (χ0v) is 25.9. The van der Waals surface area contributed by atoms with Gasteiger partial charge in [-0.3, -0.25) is 4.79 Å². The van der Waals surface area contributed by atoms with E-state index in [1.54, 1.807) is 27.7 Å². The van der Waals surface area contributed by atoms with Crippen LogP contribution in [0, 0.1) is 5.92 Å². The number of likely N-dealkylation sites (tertiary alicyclic amines) is 1. The van der Waals surface area contributed by atoms with Gasteiger partial charge in [-0.25, -0.2) is 19.7 Å². The first-order valence-electron chi connectivity index (χ1n) is 13.5. The van der Waals surface area contributed by atoms with Crippen LogP contribution in [0.2, 0.25) is 0 Å². The maximum Gasteiger partial charge on any atom is 0.408 e. The Balaban J connectivity index is 1.28. The van der Waals surface area contributed by atoms with Crippen LogP contribution in [0.3, 0.4) is 0 Å². The summed E-state index contributed by atoms with van der Waals surface area (Å²) < 4.78 is 19.3. The lowest BCUT2D eigenvalue weighted by Crippen LogP contribution is -2.50. The molecule has 2 aliphatic rings. The van der Waals surface area contributed by atoms with Gasteiger partial charge in [-0.15, -0.1) is 0 Å². The molecule has 0 unspecified atom stereocenters. The van der Waals surface area contributed by atoms with E-state index in [1.807, 2.05) is 17.0 Å². The van der Waals surface area contributed by atoms with Gasteiger partial charge in [0.1, 0.15) is 18.0 Å². The summed E-state index contributed by atoms with van der Waals surface area (Å²) in [4.78, 5) is 41.5. The SMILES string of the molecule is C[C@@H](NC(=O)OC(C)(C)C)C(=O)N1CCC[C@H](CCn2c(Sc3cc4c(cc3Br)OCO4)nc3c(N)ncnc32)C1. The number of anilines is 1. The maximum atomic E-state index is 13.1. The van der Waals surface area contributed by atoms with Crippen LogP contribution in [-0.2, 0) is 16.1 Å². The molecule has 3 aromatic rings. The average molecular weight is 649 g/mol. The van der Waals surface area contributed by atoms with Crippen LogP contribution < -0.4 is 20.5 Å². The Morgan fingerprint density at radius 1 is 1.27 bits per heavy atom. The molecule has 1 saturated heterocycles. The molecule has 0 bridgehead atoms. The van der Waals surface area contributed by atoms with Crippen molar-refractivity contribution in [2.75, 3.05) is 25.6 Å². The number of carbonyl (C=O) groups excluding carboxylic acids is 2. The highest BCUT2D eigenvalue weighted by Crippen LogP contribution is 2.43. The Hall–Kier alpha value is -3.26. The third kappa shape index (κ3) is 6.80. The number of hydrogen-bond acceptors (Lipinski definition) is 10. The number of alkyl carbamates (subject to hydrolysis) is 1. The number of rotatable bonds is 7. The predicted molar refractivity (Wildman–Crippen MR) is 157 cm³/mol. The Morgan fingerprint density at radius 3 is 2.78 bits per heavy atom. The molecule has 2 atom stereocenters. The second kappa shape index (κ2) is 11.9. The van der Waals surface area contributed by atoms with E-state index >= 15 is 0 Å². The number of benzene rings is 1. The fraction of sp³-hybridized carbons (Fsp3) is 0.519. The number of fused-ring (bicyclic) bond motifs is 2. The first kappa shape index (κ1) is 29.2. The molecule has 0 saturated carbocycles. The Labute approximate surface area is 250 Å². The number of aromatic nitrogens is 4. The minimum atomic E-state index is -0.677. The quantitative estimate of drug-likeness (QED) is 0.373. The van der Waals surface area contributed by atoms with Crippen molar-refractivity contribution >= 4 is 56.7 Å². The first-order valence-corrected chi connectivity index (χ1v) is 15.1. The summed E-state index contributed by atoms with van der Waals surface area (Å²) >= 11 is 5.11. The number of ether oxygens (including phenoxy) is 3. The number of carbonyl (C=O) groups is 2. The Morgan fingerprint density at radius 2 is 2.02 bits per heavy atom. The van der Waals surface area contributed by atoms with E-state index in [0.717, 1.165) is 33.8 Å². The van der Waals surface area contributed by atoms with Crippen molar-refractivity contribution in [1.82, 2.24) is 29.7 Å². The molecule has 4 heterocycles. The average Bonchev–Trinajstić information content (AvgIpc) is 3.50. The third-order valence-electron chi connectivity index (χ3n) is 6.85. The number of halogens is 1. The molecule has 2 amide bonds. The van der Waals surface area contributed by atoms with Crippen LogP contribution in [0.25, 0.3) is 11.2 Å². The lowest BCUT2D eigenvalue weighted by molar-refractivity contribution is -0.134. The number of imidazole rings is 1. The van der Waals surface area contributed by atoms with E-state index in [0.29, 0.717) is 48.1 Å². The third-order valence-corrected chi connectivity index (χ3v) is 8.82. The molecule has 14 heteroatoms. The number of hydrogen-bond donors (Lipinski definition) is 2. The van der Waals surface area contributed by atoms with Gasteiger partial charge in [0.2, 0.25) is 12.7 Å². The standard InChI is InChI=1S/C27H34BrN7O5S/c1-15(32-26(37)40-27(2,3)4)24(36)34-8-5-6-16(12-34)7-9-35-23-21(22(29)30-13-31-23)33-25(35)41-20-11-19-18(10-17(20)28)38-14-39-19/h10-11,13,15-16H,5-9,12,14H2,1-4H3,(H,32,37)(H2,29,30,31)/t15-,16-/m1/s1. The van der Waals surface area contributed by atoms with E-state index in [1.165, 1.54) is 18.1 Å². The second-order valence-electron chi connectivity index (χ2n) is 11.2. The van der Waals surface area contributed by atoms with E-state index in [9.17, 15) is 9.59 Å². The van der Waals surface area contributed by atoms with Gasteiger partial charge in [0, 0.05) is 29.0 Å². The van der Waals surface area contributed by atoms with Gasteiger partial charge in [0.15, 0.2) is 33.6 Å². The molecule has 1 fully saturated rings. The van der Waals surface area contributed by atoms with Crippen molar-refractivity contribution in [2.45, 2.75) is 75.2 Å². The summed E-state index contributed by atoms with van der Waals surface area (Å²) in [6.45, 7) is 9.15. The zero-order chi connectivity index (χ0) is 29.3. The number of nitrogen functional groups attached to an aromatic ring is 1. The van der Waals surface area contributed by atoms with Gasteiger partial charge < -0.3 is 34.7 Å². The number of piperidine rings is 1. The molecular weight excluding hydrogens is 614 g/mol. The molecule has 12 nitrogen and oxygen atoms in total. The molecule has 2 aliphatic heterocycles. The highest BCUT2D eigenvalue weighted by atomic mass is 79.9. The first-order chi connectivity index (χ1) is 19.5. The van der Waals surface area contributed by atoms with Crippen molar-refractivity contribution in [2.24, 2.45) is 5.92 Å². The summed E-state index contributed by atoms with van der Waals surface area (Å²) in [5.74, 6) is 1.85. The van der Waals surface area contributed by atoms with Crippen molar-refractivity contribution in [3.8, 4) is 11.5 Å². The molecule has 0 aliphatic carbocycles. The van der Waals surface area contributed by atoms with Gasteiger partial charge in [-0.2, -0.15) is 0 Å². The Bertz CT molecular complexity index is 1460. The summed E-state index contributed by atoms with van der Waals surface area (Å²) in [6, 6.07) is 3.13. The van der Waals surface area contributed by atoms with Crippen LogP contribution in [-0.4, -0.2) is 67.9 Å². The van der Waals surface area contributed by atoms with Gasteiger partial charge in [-0.05, 0) is 80.9 Å². The number of aryl methyl sites for hydroxylation is 1. The molecule has 0 radical (unpaired) electrons. The molecule has 0 spiro atoms. The fourth-order valence-corrected chi connectivity index (χ4v) is 6.43. The normalized spacial score (nSPS) is 17.5. The van der Waals surface area contributed by atoms with E-state index in [-0.39, 0.29) is 18.6 Å². The maximum absolute atomic E-state index is 13.1. The molecule has 3 N–H and O–H groups in total. The van der Waals surface area contributed by atoms with E-state index in [2.05, 4.69) is 35.8 Å². The van der Waals surface area contributed by atoms with Crippen molar-refractivity contribution in [3.63, 3.8) is 0 Å². The minimum Gasteiger partial charge on any atom is -0.454 e. The minimum absolute atomic E-state index is 0.113. The van der Waals surface area contributed by atoms with Crippen LogP contribution in [0.5, 0.6) is 11.5 Å². The van der Waals surface area contributed by atoms with E-state index in [4.69, 9.17) is 24.9 Å². The van der Waals surface area contributed by atoms with Crippen LogP contribution in [0.4, 0.5) is 10.6 Å². The van der Waals surface area contributed by atoms with Gasteiger partial charge >= 0.3 is 6.09 Å². The molecule has 41 heavy (non-hydrogen) atoms. The topological polar surface area (TPSA) is 147 Å². The number of amides is 2. The van der Waals surface area contributed by atoms with Crippen molar-refractivity contribution in [3.05, 3.63) is 22.9 Å². The summed E-state index contributed by atoms with van der Waals surface area (Å²) in [6.07, 6.45) is 3.54. The highest BCUT2D eigenvalue weighted by molar-refractivity contribution is 9.10. The molecule has 5 rings (SSSR count). The van der Waals surface area contributed by atoms with Crippen LogP contribution in [0.15, 0.2) is 33.0 Å². The smallest absolute Gasteiger partial charge is 0.408 e. The van der Waals surface area contributed by atoms with Crippen molar-refractivity contribution < 1.29 is 23.8 Å². The Kier molecular flexibility index (Phi) is 8.50. The number of nitrogens with one attached hydrogen (secondary N) is 1. The summed E-state index contributed by atoms with van der Waals surface area (Å²) in [5.41, 5.74) is 6.74. The van der Waals surface area contributed by atoms with Gasteiger partial charge in [0.05, 0.1) is 0 Å². The second-order valence-corrected chi connectivity index (χ2v) is 13.0. The fourth-order valence-electron chi connectivity index (χ4n) is 4.92. The molecule has 1 aromatic carbocycles. The molecule has 220 valence electrons. The monoisotopic (exact) mass is 647 g/mol. The molecular formula is C27H34BrN7O5S. The lowest BCUT2D eigenvalue weighted by Gasteiger charge is -2.34. The predicted octanol–water partition coefficient (Wildman–Crippen LogP) is 4.59. The largest absolute Gasteiger partial charge is 0.454 e. The van der Waals surface area contributed by atoms with Gasteiger partial charge in [-0.1, -0.05) is 11.8 Å². The lowest BCUT2D eigenvalue weighted by atomic mass is 9.94.